The smallest absolute Gasteiger partial charge is 0.185 e. The molecule has 0 bridgehead atoms. The summed E-state index contributed by atoms with van der Waals surface area (Å²) in [5.41, 5.74) is 1.22. The molecule has 0 amide bonds. The van der Waals surface area contributed by atoms with Crippen molar-refractivity contribution in [3.05, 3.63) is 54.1 Å². The fourth-order valence-corrected chi connectivity index (χ4v) is 3.97. The Morgan fingerprint density at radius 2 is 1.95 bits per heavy atom. The molecule has 0 radical (unpaired) electrons. The van der Waals surface area contributed by atoms with E-state index in [1.54, 1.807) is 6.92 Å². The first kappa shape index (κ1) is 14.4. The highest BCUT2D eigenvalue weighted by atomic mass is 32.2. The molecule has 0 atom stereocenters. The number of hydrogen-bond donors (Lipinski definition) is 0. The van der Waals surface area contributed by atoms with Crippen LogP contribution in [0.15, 0.2) is 48.5 Å². The zero-order valence-electron chi connectivity index (χ0n) is 11.8. The van der Waals surface area contributed by atoms with Crippen molar-refractivity contribution in [3.8, 4) is 0 Å². The van der Waals surface area contributed by atoms with E-state index in [0.29, 0.717) is 0 Å². The van der Waals surface area contributed by atoms with Gasteiger partial charge in [0.05, 0.1) is 0 Å². The number of carbonyl (C=O) groups excluding carboxylic acids is 1. The second-order valence-electron chi connectivity index (χ2n) is 4.88. The van der Waals surface area contributed by atoms with Crippen LogP contribution in [0.25, 0.3) is 26.2 Å². The molecule has 0 aliphatic heterocycles. The maximum Gasteiger partial charge on any atom is 0.185 e. The first-order chi connectivity index (χ1) is 10.2. The van der Waals surface area contributed by atoms with E-state index in [0.717, 1.165) is 12.2 Å². The lowest BCUT2D eigenvalue weighted by Gasteiger charge is -1.96. The minimum atomic E-state index is 0.189. The van der Waals surface area contributed by atoms with Crippen LogP contribution in [-0.4, -0.2) is 10.9 Å². The lowest BCUT2D eigenvalue weighted by Crippen LogP contribution is -1.83. The molecular weight excluding hydrogens is 296 g/mol. The molecule has 1 aromatic heterocycles. The van der Waals surface area contributed by atoms with E-state index < -0.39 is 0 Å². The number of thiophene rings is 1. The third kappa shape index (κ3) is 3.36. The van der Waals surface area contributed by atoms with Gasteiger partial charge in [-0.1, -0.05) is 48.2 Å². The normalized spacial score (nSPS) is 11.7. The fourth-order valence-electron chi connectivity index (χ4n) is 2.34. The predicted molar refractivity (Wildman–Crippen MR) is 96.1 cm³/mol. The molecule has 0 aliphatic rings. The molecule has 3 heteroatoms. The SMILES string of the molecule is CC(=O)SCCC=Cc1ccc2sc3ccccc3c2c1. The topological polar surface area (TPSA) is 17.1 Å². The Balaban J connectivity index is 1.82. The zero-order valence-corrected chi connectivity index (χ0v) is 13.5. The summed E-state index contributed by atoms with van der Waals surface area (Å²) in [4.78, 5) is 10.9. The van der Waals surface area contributed by atoms with Crippen LogP contribution in [0.4, 0.5) is 0 Å². The second kappa shape index (κ2) is 6.46. The number of thioether (sulfide) groups is 1. The van der Waals surface area contributed by atoms with Crippen molar-refractivity contribution < 1.29 is 4.79 Å². The minimum Gasteiger partial charge on any atom is -0.288 e. The average Bonchev–Trinajstić information content (AvgIpc) is 2.84. The molecule has 2 aromatic carbocycles. The van der Waals surface area contributed by atoms with Gasteiger partial charge < -0.3 is 0 Å². The minimum absolute atomic E-state index is 0.189. The summed E-state index contributed by atoms with van der Waals surface area (Å²) in [6, 6.07) is 15.2. The average molecular weight is 312 g/mol. The Hall–Kier alpha value is -1.58. The summed E-state index contributed by atoms with van der Waals surface area (Å²) in [5.74, 6) is 0.857. The molecule has 0 unspecified atom stereocenters. The van der Waals surface area contributed by atoms with Crippen molar-refractivity contribution >= 4 is 54.5 Å². The number of fused-ring (bicyclic) bond motifs is 3. The van der Waals surface area contributed by atoms with Crippen LogP contribution in [0, 0.1) is 0 Å². The predicted octanol–water partition coefficient (Wildman–Crippen LogP) is 5.74. The van der Waals surface area contributed by atoms with Gasteiger partial charge in [0, 0.05) is 32.8 Å². The van der Waals surface area contributed by atoms with Crippen molar-refractivity contribution in [2.45, 2.75) is 13.3 Å². The maximum absolute atomic E-state index is 10.9. The third-order valence-electron chi connectivity index (χ3n) is 3.30. The van der Waals surface area contributed by atoms with Crippen LogP contribution < -0.4 is 0 Å². The molecule has 0 spiro atoms. The first-order valence-electron chi connectivity index (χ1n) is 6.95. The first-order valence-corrected chi connectivity index (χ1v) is 8.75. The Kier molecular flexibility index (Phi) is 4.42. The van der Waals surface area contributed by atoms with E-state index in [-0.39, 0.29) is 5.12 Å². The highest BCUT2D eigenvalue weighted by Gasteiger charge is 2.03. The van der Waals surface area contributed by atoms with Gasteiger partial charge in [-0.2, -0.15) is 0 Å². The molecule has 0 saturated heterocycles. The maximum atomic E-state index is 10.9. The van der Waals surface area contributed by atoms with Gasteiger partial charge in [0.15, 0.2) is 5.12 Å². The van der Waals surface area contributed by atoms with Crippen molar-refractivity contribution in [1.29, 1.82) is 0 Å². The molecule has 0 N–H and O–H groups in total. The standard InChI is InChI=1S/C18H16OS2/c1-13(19)20-11-5-4-6-14-9-10-18-16(12-14)15-7-2-3-8-17(15)21-18/h2-4,6-10,12H,5,11H2,1H3. The zero-order chi connectivity index (χ0) is 14.7. The van der Waals surface area contributed by atoms with Crippen LogP contribution >= 0.6 is 23.1 Å². The summed E-state index contributed by atoms with van der Waals surface area (Å²) in [7, 11) is 0. The summed E-state index contributed by atoms with van der Waals surface area (Å²) in [5, 5.41) is 2.85. The van der Waals surface area contributed by atoms with Crippen LogP contribution in [0.2, 0.25) is 0 Å². The number of hydrogen-bond acceptors (Lipinski definition) is 3. The van der Waals surface area contributed by atoms with Crippen LogP contribution in [0.5, 0.6) is 0 Å². The fraction of sp³-hybridized carbons (Fsp3) is 0.167. The van der Waals surface area contributed by atoms with Crippen molar-refractivity contribution in [1.82, 2.24) is 0 Å². The van der Waals surface area contributed by atoms with E-state index in [9.17, 15) is 4.79 Å². The van der Waals surface area contributed by atoms with Crippen molar-refractivity contribution in [2.75, 3.05) is 5.75 Å². The lowest BCUT2D eigenvalue weighted by molar-refractivity contribution is -0.109. The van der Waals surface area contributed by atoms with Crippen molar-refractivity contribution in [3.63, 3.8) is 0 Å². The largest absolute Gasteiger partial charge is 0.288 e. The number of allylic oxidation sites excluding steroid dienone is 1. The molecule has 3 aromatic rings. The number of rotatable bonds is 4. The van der Waals surface area contributed by atoms with Gasteiger partial charge in [0.25, 0.3) is 0 Å². The summed E-state index contributed by atoms with van der Waals surface area (Å²) in [6.45, 7) is 1.62. The molecule has 0 saturated carbocycles. The van der Waals surface area contributed by atoms with Gasteiger partial charge in [-0.3, -0.25) is 4.79 Å². The van der Waals surface area contributed by atoms with Gasteiger partial charge in [-0.15, -0.1) is 11.3 Å². The Labute approximate surface area is 132 Å². The second-order valence-corrected chi connectivity index (χ2v) is 7.24. The number of benzene rings is 2. The third-order valence-corrected chi connectivity index (χ3v) is 5.30. The summed E-state index contributed by atoms with van der Waals surface area (Å²) in [6.07, 6.45) is 5.21. The van der Waals surface area contributed by atoms with Crippen molar-refractivity contribution in [2.24, 2.45) is 0 Å². The molecule has 21 heavy (non-hydrogen) atoms. The van der Waals surface area contributed by atoms with Gasteiger partial charge in [-0.05, 0) is 30.2 Å². The van der Waals surface area contributed by atoms with Crippen LogP contribution in [-0.2, 0) is 4.79 Å². The highest BCUT2D eigenvalue weighted by Crippen LogP contribution is 2.34. The molecule has 0 aliphatic carbocycles. The molecule has 1 heterocycles. The van der Waals surface area contributed by atoms with E-state index in [1.165, 1.54) is 37.5 Å². The summed E-state index contributed by atoms with van der Waals surface area (Å²) < 4.78 is 2.67. The van der Waals surface area contributed by atoms with E-state index in [2.05, 4.69) is 54.6 Å². The van der Waals surface area contributed by atoms with Gasteiger partial charge in [0.2, 0.25) is 0 Å². The molecule has 106 valence electrons. The molecule has 3 rings (SSSR count). The molecule has 0 fully saturated rings. The van der Waals surface area contributed by atoms with Crippen LogP contribution in [0.3, 0.4) is 0 Å². The van der Waals surface area contributed by atoms with Gasteiger partial charge in [0.1, 0.15) is 0 Å². The molecule has 1 nitrogen and oxygen atoms in total. The van der Waals surface area contributed by atoms with E-state index in [1.807, 2.05) is 11.3 Å². The molecular formula is C18H16OS2. The van der Waals surface area contributed by atoms with Gasteiger partial charge >= 0.3 is 0 Å². The summed E-state index contributed by atoms with van der Waals surface area (Å²) >= 11 is 3.22. The Morgan fingerprint density at radius 1 is 1.14 bits per heavy atom. The Bertz CT molecular complexity index is 814. The monoisotopic (exact) mass is 312 g/mol. The Morgan fingerprint density at radius 3 is 2.81 bits per heavy atom. The van der Waals surface area contributed by atoms with Crippen LogP contribution in [0.1, 0.15) is 18.9 Å². The van der Waals surface area contributed by atoms with E-state index >= 15 is 0 Å². The quantitative estimate of drug-likeness (QED) is 0.572. The lowest BCUT2D eigenvalue weighted by atomic mass is 10.1. The van der Waals surface area contributed by atoms with Gasteiger partial charge in [-0.25, -0.2) is 0 Å². The van der Waals surface area contributed by atoms with E-state index in [4.69, 9.17) is 0 Å². The number of carbonyl (C=O) groups is 1. The highest BCUT2D eigenvalue weighted by molar-refractivity contribution is 8.13.